The topological polar surface area (TPSA) is 122 Å². The average Bonchev–Trinajstić information content (AvgIpc) is 3.52. The molecule has 2 aliphatic heterocycles. The van der Waals surface area contributed by atoms with Crippen LogP contribution in [-0.4, -0.2) is 82.7 Å². The van der Waals surface area contributed by atoms with Gasteiger partial charge in [0.05, 0.1) is 34.2 Å². The van der Waals surface area contributed by atoms with Crippen molar-refractivity contribution < 1.29 is 27.9 Å². The van der Waals surface area contributed by atoms with E-state index < -0.39 is 39.6 Å². The average molecular weight is 591 g/mol. The van der Waals surface area contributed by atoms with E-state index in [4.69, 9.17) is 16.3 Å². The Bertz CT molecular complexity index is 1310. The molecule has 2 fully saturated rings. The summed E-state index contributed by atoms with van der Waals surface area (Å²) in [5.41, 5.74) is 0.166. The van der Waals surface area contributed by atoms with Gasteiger partial charge in [0, 0.05) is 36.4 Å². The molecule has 0 radical (unpaired) electrons. The van der Waals surface area contributed by atoms with Gasteiger partial charge in [0.25, 0.3) is 5.91 Å². The molecule has 10 nitrogen and oxygen atoms in total. The quantitative estimate of drug-likeness (QED) is 0.349. The molecule has 0 aliphatic carbocycles. The molecule has 1 amide bonds. The Hall–Kier alpha value is -1.48. The van der Waals surface area contributed by atoms with Crippen LogP contribution in [0.1, 0.15) is 54.0 Å². The van der Waals surface area contributed by atoms with E-state index in [1.54, 1.807) is 27.7 Å². The molecule has 0 saturated carbocycles. The van der Waals surface area contributed by atoms with E-state index in [1.807, 2.05) is 12.1 Å². The van der Waals surface area contributed by atoms with Crippen molar-refractivity contribution in [3.63, 3.8) is 0 Å². The van der Waals surface area contributed by atoms with E-state index in [-0.39, 0.29) is 25.6 Å². The summed E-state index contributed by atoms with van der Waals surface area (Å²) in [7, 11) is -2.54. The summed E-state index contributed by atoms with van der Waals surface area (Å²) in [4.78, 5) is 27.8. The Kier molecular flexibility index (Phi) is 8.16. The maximum absolute atomic E-state index is 13.5. The smallest absolute Gasteiger partial charge is 0.306 e. The monoisotopic (exact) mass is 590 g/mol. The SMILES string of the molecule is COCC(C)(C)C(=O)n1nc(C2C(=O)N(S(=O)(=O)N3CCC(O)C3)C2C)c(C)c1SCc1ccc(Cl)s1. The molecule has 0 spiro atoms. The highest BCUT2D eigenvalue weighted by atomic mass is 35.5. The Morgan fingerprint density at radius 1 is 1.38 bits per heavy atom. The van der Waals surface area contributed by atoms with Crippen LogP contribution < -0.4 is 0 Å². The number of methoxy groups -OCH3 is 1. The normalized spacial score (nSPS) is 23.1. The summed E-state index contributed by atoms with van der Waals surface area (Å²) in [6, 6.07) is 3.05. The molecule has 204 valence electrons. The number of ether oxygens (including phenoxy) is 1. The second kappa shape index (κ2) is 10.6. The zero-order valence-corrected chi connectivity index (χ0v) is 24.5. The first-order chi connectivity index (χ1) is 17.3. The minimum absolute atomic E-state index is 0.0340. The predicted molar refractivity (Wildman–Crippen MR) is 142 cm³/mol. The Morgan fingerprint density at radius 2 is 2.08 bits per heavy atom. The van der Waals surface area contributed by atoms with E-state index in [2.05, 4.69) is 5.10 Å². The number of aliphatic hydroxyl groups is 1. The summed E-state index contributed by atoms with van der Waals surface area (Å²) in [5, 5.41) is 15.0. The van der Waals surface area contributed by atoms with Crippen molar-refractivity contribution >= 4 is 56.7 Å². The third-order valence-electron chi connectivity index (χ3n) is 6.69. The number of rotatable bonds is 9. The van der Waals surface area contributed by atoms with Crippen LogP contribution in [0.4, 0.5) is 0 Å². The number of β-amino-alcohol motifs (C(OH)–C–C–N with tert-alkyl or cyclic N) is 1. The Labute approximate surface area is 230 Å². The second-order valence-electron chi connectivity index (χ2n) is 10.0. The minimum Gasteiger partial charge on any atom is -0.392 e. The van der Waals surface area contributed by atoms with Gasteiger partial charge in [-0.25, -0.2) is 4.31 Å². The van der Waals surface area contributed by atoms with E-state index in [9.17, 15) is 23.1 Å². The highest BCUT2D eigenvalue weighted by Gasteiger charge is 2.55. The van der Waals surface area contributed by atoms with Gasteiger partial charge in [-0.1, -0.05) is 11.6 Å². The zero-order valence-electron chi connectivity index (χ0n) is 21.3. The molecule has 3 atom stereocenters. The van der Waals surface area contributed by atoms with E-state index in [1.165, 1.54) is 34.9 Å². The van der Waals surface area contributed by atoms with E-state index in [0.717, 1.165) is 13.5 Å². The molecule has 2 aromatic heterocycles. The third-order valence-corrected chi connectivity index (χ3v) is 11.3. The largest absolute Gasteiger partial charge is 0.392 e. The lowest BCUT2D eigenvalue weighted by atomic mass is 9.87. The first kappa shape index (κ1) is 28.5. The highest BCUT2D eigenvalue weighted by Crippen LogP contribution is 2.43. The standard InChI is InChI=1S/C23H31ClN4O6S3/c1-13-19(18-14(2)28(20(18)30)37(32,33)26-9-8-15(29)10-26)25-27(22(31)23(3,4)12-34-5)21(13)35-11-16-6-7-17(24)36-16/h6-7,14-15,18,29H,8-12H2,1-5H3. The molecule has 2 aromatic rings. The first-order valence-electron chi connectivity index (χ1n) is 11.8. The molecule has 37 heavy (non-hydrogen) atoms. The number of hydrogen-bond donors (Lipinski definition) is 1. The fourth-order valence-corrected chi connectivity index (χ4v) is 8.75. The molecule has 0 aromatic carbocycles. The molecule has 1 N–H and O–H groups in total. The molecule has 14 heteroatoms. The van der Waals surface area contributed by atoms with Crippen LogP contribution in [0.2, 0.25) is 4.34 Å². The lowest BCUT2D eigenvalue weighted by Gasteiger charge is -2.44. The van der Waals surface area contributed by atoms with E-state index >= 15 is 0 Å². The van der Waals surface area contributed by atoms with Gasteiger partial charge in [-0.05, 0) is 46.2 Å². The van der Waals surface area contributed by atoms with Gasteiger partial charge in [0.15, 0.2) is 0 Å². The lowest BCUT2D eigenvalue weighted by molar-refractivity contribution is -0.140. The summed E-state index contributed by atoms with van der Waals surface area (Å²) >= 11 is 8.94. The van der Waals surface area contributed by atoms with Crippen molar-refractivity contribution in [1.82, 2.24) is 18.4 Å². The van der Waals surface area contributed by atoms with Crippen molar-refractivity contribution in [1.29, 1.82) is 0 Å². The second-order valence-corrected chi connectivity index (χ2v) is 14.6. The van der Waals surface area contributed by atoms with Crippen LogP contribution in [0.3, 0.4) is 0 Å². The summed E-state index contributed by atoms with van der Waals surface area (Å²) < 4.78 is 35.5. The summed E-state index contributed by atoms with van der Waals surface area (Å²) in [5.74, 6) is -1.14. The van der Waals surface area contributed by atoms with Crippen LogP contribution in [-0.2, 0) is 25.5 Å². The van der Waals surface area contributed by atoms with E-state index in [0.29, 0.717) is 32.8 Å². The van der Waals surface area contributed by atoms with Crippen LogP contribution in [0.5, 0.6) is 0 Å². The maximum Gasteiger partial charge on any atom is 0.306 e. The van der Waals surface area contributed by atoms with Crippen LogP contribution in [0.15, 0.2) is 17.2 Å². The molecule has 2 aliphatic rings. The minimum atomic E-state index is -4.06. The fraction of sp³-hybridized carbons (Fsp3) is 0.609. The number of halogens is 1. The summed E-state index contributed by atoms with van der Waals surface area (Å²) in [6.45, 7) is 7.29. The Balaban J connectivity index is 1.66. The van der Waals surface area contributed by atoms with Gasteiger partial charge in [0.2, 0.25) is 5.91 Å². The molecule has 4 rings (SSSR count). The molecular weight excluding hydrogens is 560 g/mol. The number of hydrogen-bond acceptors (Lipinski definition) is 9. The van der Waals surface area contributed by atoms with Crippen LogP contribution in [0.25, 0.3) is 0 Å². The number of aromatic nitrogens is 2. The van der Waals surface area contributed by atoms with Crippen LogP contribution in [0, 0.1) is 12.3 Å². The number of aliphatic hydroxyl groups excluding tert-OH is 1. The number of carbonyl (C=O) groups excluding carboxylic acids is 2. The van der Waals surface area contributed by atoms with Crippen molar-refractivity contribution in [2.75, 3.05) is 26.8 Å². The number of nitrogens with zero attached hydrogens (tertiary/aromatic N) is 4. The van der Waals surface area contributed by atoms with Gasteiger partial charge in [-0.3, -0.25) is 9.59 Å². The number of thioether (sulfide) groups is 1. The molecule has 2 saturated heterocycles. The van der Waals surface area contributed by atoms with Gasteiger partial charge in [-0.2, -0.15) is 22.5 Å². The Morgan fingerprint density at radius 3 is 2.62 bits per heavy atom. The number of carbonyl (C=O) groups is 2. The molecule has 4 heterocycles. The van der Waals surface area contributed by atoms with Crippen molar-refractivity contribution in [2.24, 2.45) is 5.41 Å². The third kappa shape index (κ3) is 5.23. The summed E-state index contributed by atoms with van der Waals surface area (Å²) in [6.07, 6.45) is -0.410. The zero-order chi connectivity index (χ0) is 27.3. The van der Waals surface area contributed by atoms with Crippen molar-refractivity contribution in [2.45, 2.75) is 63.0 Å². The van der Waals surface area contributed by atoms with Crippen LogP contribution >= 0.6 is 34.7 Å². The molecule has 0 bridgehead atoms. The lowest BCUT2D eigenvalue weighted by Crippen LogP contribution is -2.63. The van der Waals surface area contributed by atoms with Crippen molar-refractivity contribution in [3.05, 3.63) is 32.6 Å². The van der Waals surface area contributed by atoms with Gasteiger partial charge in [0.1, 0.15) is 10.9 Å². The molecular formula is C23H31ClN4O6S3. The first-order valence-corrected chi connectivity index (χ1v) is 15.4. The maximum atomic E-state index is 13.5. The number of amides is 1. The predicted octanol–water partition coefficient (Wildman–Crippen LogP) is 3.14. The van der Waals surface area contributed by atoms with Gasteiger partial charge in [-0.15, -0.1) is 23.1 Å². The van der Waals surface area contributed by atoms with Gasteiger partial charge >= 0.3 is 10.2 Å². The highest BCUT2D eigenvalue weighted by molar-refractivity contribution is 7.98. The number of thiophene rings is 1. The van der Waals surface area contributed by atoms with Gasteiger partial charge < -0.3 is 9.84 Å². The number of β-lactam (4-membered cyclic amide) rings is 1. The van der Waals surface area contributed by atoms with Crippen molar-refractivity contribution in [3.8, 4) is 0 Å². The molecule has 3 unspecified atom stereocenters. The fourth-order valence-electron chi connectivity index (χ4n) is 4.69.